The van der Waals surface area contributed by atoms with Gasteiger partial charge in [0.25, 0.3) is 0 Å². The van der Waals surface area contributed by atoms with E-state index in [2.05, 4.69) is 20.3 Å². The molecule has 21 heavy (non-hydrogen) atoms. The van der Waals surface area contributed by atoms with E-state index in [4.69, 9.17) is 4.74 Å². The number of H-pyrrole nitrogens is 1. The molecule has 0 bridgehead atoms. The van der Waals surface area contributed by atoms with Gasteiger partial charge in [-0.2, -0.15) is 15.4 Å². The Morgan fingerprint density at radius 2 is 2.29 bits per heavy atom. The van der Waals surface area contributed by atoms with Crippen molar-refractivity contribution in [2.75, 3.05) is 26.2 Å². The first-order valence-corrected chi connectivity index (χ1v) is 6.86. The Morgan fingerprint density at radius 1 is 1.43 bits per heavy atom. The van der Waals surface area contributed by atoms with Crippen LogP contribution in [-0.4, -0.2) is 51.7 Å². The van der Waals surface area contributed by atoms with Gasteiger partial charge in [-0.3, -0.25) is 4.90 Å². The molecular weight excluding hydrogens is 275 g/mol. The van der Waals surface area contributed by atoms with Crippen LogP contribution >= 0.6 is 0 Å². The molecule has 0 amide bonds. The number of hydrogen-bond acceptors (Lipinski definition) is 5. The minimum Gasteiger partial charge on any atom is -0.489 e. The van der Waals surface area contributed by atoms with Gasteiger partial charge in [0.15, 0.2) is 11.6 Å². The fraction of sp³-hybridized carbons (Fsp3) is 0.429. The number of benzene rings is 1. The lowest BCUT2D eigenvalue weighted by Crippen LogP contribution is -2.33. The molecule has 1 aliphatic heterocycles. The van der Waals surface area contributed by atoms with Gasteiger partial charge in [0, 0.05) is 19.6 Å². The second kappa shape index (κ2) is 5.79. The number of aliphatic hydroxyl groups is 1. The van der Waals surface area contributed by atoms with Crippen molar-refractivity contribution >= 4 is 0 Å². The van der Waals surface area contributed by atoms with Gasteiger partial charge in [-0.15, -0.1) is 0 Å². The molecule has 2 heterocycles. The van der Waals surface area contributed by atoms with Crippen molar-refractivity contribution in [3.05, 3.63) is 42.0 Å². The van der Waals surface area contributed by atoms with Crippen LogP contribution in [0.15, 0.2) is 30.5 Å². The van der Waals surface area contributed by atoms with Crippen LogP contribution in [0.25, 0.3) is 0 Å². The molecule has 0 saturated carbocycles. The first-order chi connectivity index (χ1) is 10.2. The van der Waals surface area contributed by atoms with Gasteiger partial charge >= 0.3 is 0 Å². The normalized spacial score (nSPS) is 22.6. The second-order valence-corrected chi connectivity index (χ2v) is 5.19. The number of rotatable bonds is 5. The minimum atomic E-state index is -0.967. The summed E-state index contributed by atoms with van der Waals surface area (Å²) < 4.78 is 18.8. The monoisotopic (exact) mass is 292 g/mol. The van der Waals surface area contributed by atoms with E-state index in [1.807, 2.05) is 0 Å². The summed E-state index contributed by atoms with van der Waals surface area (Å²) >= 11 is 0. The SMILES string of the molecule is O[C@@]1(c2cn[nH]n2)CCN(CCOc2ccccc2F)C1. The summed E-state index contributed by atoms with van der Waals surface area (Å²) in [6, 6.07) is 6.33. The van der Waals surface area contributed by atoms with Crippen molar-refractivity contribution in [1.29, 1.82) is 0 Å². The maximum absolute atomic E-state index is 13.4. The second-order valence-electron chi connectivity index (χ2n) is 5.19. The molecule has 1 atom stereocenters. The summed E-state index contributed by atoms with van der Waals surface area (Å²) in [7, 11) is 0. The summed E-state index contributed by atoms with van der Waals surface area (Å²) in [5, 5.41) is 20.7. The molecule has 6 nitrogen and oxygen atoms in total. The highest BCUT2D eigenvalue weighted by Crippen LogP contribution is 2.29. The van der Waals surface area contributed by atoms with Crippen LogP contribution < -0.4 is 4.74 Å². The van der Waals surface area contributed by atoms with E-state index in [9.17, 15) is 9.50 Å². The van der Waals surface area contributed by atoms with Crippen LogP contribution in [0.4, 0.5) is 4.39 Å². The van der Waals surface area contributed by atoms with Crippen molar-refractivity contribution in [3.63, 3.8) is 0 Å². The summed E-state index contributed by atoms with van der Waals surface area (Å²) in [5.41, 5.74) is -0.412. The molecular formula is C14H17FN4O2. The lowest BCUT2D eigenvalue weighted by atomic mass is 10.0. The van der Waals surface area contributed by atoms with E-state index >= 15 is 0 Å². The smallest absolute Gasteiger partial charge is 0.165 e. The number of likely N-dealkylation sites (tertiary alicyclic amines) is 1. The van der Waals surface area contributed by atoms with Crippen molar-refractivity contribution in [2.45, 2.75) is 12.0 Å². The summed E-state index contributed by atoms with van der Waals surface area (Å²) in [6.07, 6.45) is 2.14. The molecule has 0 spiro atoms. The third kappa shape index (κ3) is 3.03. The van der Waals surface area contributed by atoms with Crippen molar-refractivity contribution < 1.29 is 14.2 Å². The van der Waals surface area contributed by atoms with Crippen molar-refractivity contribution in [3.8, 4) is 5.75 Å². The quantitative estimate of drug-likeness (QED) is 0.857. The molecule has 1 aromatic heterocycles. The number of nitrogens with zero attached hydrogens (tertiary/aromatic N) is 3. The molecule has 3 rings (SSSR count). The predicted octanol–water partition coefficient (Wildman–Crippen LogP) is 0.916. The lowest BCUT2D eigenvalue weighted by molar-refractivity contribution is 0.0403. The zero-order chi connectivity index (χ0) is 14.7. The van der Waals surface area contributed by atoms with Gasteiger partial charge < -0.3 is 9.84 Å². The zero-order valence-electron chi connectivity index (χ0n) is 11.5. The Hall–Kier alpha value is -1.99. The fourth-order valence-corrected chi connectivity index (χ4v) is 2.54. The number of para-hydroxylation sites is 1. The minimum absolute atomic E-state index is 0.253. The third-order valence-corrected chi connectivity index (χ3v) is 3.72. The summed E-state index contributed by atoms with van der Waals surface area (Å²) in [4.78, 5) is 2.07. The van der Waals surface area contributed by atoms with Crippen LogP contribution in [0.1, 0.15) is 12.1 Å². The zero-order valence-corrected chi connectivity index (χ0v) is 11.5. The van der Waals surface area contributed by atoms with Crippen LogP contribution in [0, 0.1) is 5.82 Å². The number of ether oxygens (including phenoxy) is 1. The number of aromatic nitrogens is 3. The van der Waals surface area contributed by atoms with Crippen LogP contribution in [-0.2, 0) is 5.60 Å². The van der Waals surface area contributed by atoms with Gasteiger partial charge in [-0.1, -0.05) is 12.1 Å². The van der Waals surface area contributed by atoms with Crippen LogP contribution in [0.5, 0.6) is 5.75 Å². The highest BCUT2D eigenvalue weighted by Gasteiger charge is 2.39. The molecule has 0 unspecified atom stereocenters. The highest BCUT2D eigenvalue weighted by atomic mass is 19.1. The molecule has 2 aromatic rings. The standard InChI is InChI=1S/C14H17FN4O2/c15-11-3-1-2-4-12(11)21-8-7-19-6-5-14(20,10-19)13-9-16-18-17-13/h1-4,9,20H,5-8,10H2,(H,16,17,18)/t14-/m0/s1. The first-order valence-electron chi connectivity index (χ1n) is 6.86. The molecule has 1 saturated heterocycles. The van der Waals surface area contributed by atoms with E-state index in [1.165, 1.54) is 6.07 Å². The number of β-amino-alcohol motifs (C(OH)–C–C–N with tert-alkyl or cyclic N) is 1. The molecule has 112 valence electrons. The van der Waals surface area contributed by atoms with E-state index in [0.29, 0.717) is 31.8 Å². The van der Waals surface area contributed by atoms with Gasteiger partial charge in [0.1, 0.15) is 17.9 Å². The molecule has 1 aromatic carbocycles. The summed E-state index contributed by atoms with van der Waals surface area (Å²) in [5.74, 6) is -0.110. The van der Waals surface area contributed by atoms with E-state index in [-0.39, 0.29) is 11.6 Å². The predicted molar refractivity (Wildman–Crippen MR) is 73.2 cm³/mol. The third-order valence-electron chi connectivity index (χ3n) is 3.72. The number of halogens is 1. The Balaban J connectivity index is 1.51. The number of hydrogen-bond donors (Lipinski definition) is 2. The van der Waals surface area contributed by atoms with Crippen molar-refractivity contribution in [1.82, 2.24) is 20.3 Å². The highest BCUT2D eigenvalue weighted by molar-refractivity contribution is 5.23. The lowest BCUT2D eigenvalue weighted by Gasteiger charge is -2.21. The number of nitrogens with one attached hydrogen (secondary N) is 1. The first kappa shape index (κ1) is 14.0. The maximum Gasteiger partial charge on any atom is 0.165 e. The largest absolute Gasteiger partial charge is 0.489 e. The van der Waals surface area contributed by atoms with Crippen molar-refractivity contribution in [2.24, 2.45) is 0 Å². The summed E-state index contributed by atoms with van der Waals surface area (Å²) in [6.45, 7) is 2.20. The number of aromatic amines is 1. The van der Waals surface area contributed by atoms with E-state index < -0.39 is 5.60 Å². The molecule has 0 radical (unpaired) electrons. The molecule has 7 heteroatoms. The Labute approximate surface area is 121 Å². The fourth-order valence-electron chi connectivity index (χ4n) is 2.54. The topological polar surface area (TPSA) is 74.3 Å². The van der Waals surface area contributed by atoms with Gasteiger partial charge in [-0.25, -0.2) is 4.39 Å². The van der Waals surface area contributed by atoms with E-state index in [1.54, 1.807) is 24.4 Å². The van der Waals surface area contributed by atoms with Crippen LogP contribution in [0.3, 0.4) is 0 Å². The Bertz CT molecular complexity index is 592. The molecule has 1 aliphatic rings. The van der Waals surface area contributed by atoms with Gasteiger partial charge in [-0.05, 0) is 18.6 Å². The Kier molecular flexibility index (Phi) is 3.85. The molecule has 2 N–H and O–H groups in total. The molecule has 0 aliphatic carbocycles. The van der Waals surface area contributed by atoms with Gasteiger partial charge in [0.05, 0.1) is 6.20 Å². The van der Waals surface area contributed by atoms with Gasteiger partial charge in [0.2, 0.25) is 0 Å². The molecule has 1 fully saturated rings. The Morgan fingerprint density at radius 3 is 3.05 bits per heavy atom. The van der Waals surface area contributed by atoms with E-state index in [0.717, 1.165) is 6.54 Å². The maximum atomic E-state index is 13.4. The average Bonchev–Trinajstić information content (AvgIpc) is 3.12. The average molecular weight is 292 g/mol. The van der Waals surface area contributed by atoms with Crippen LogP contribution in [0.2, 0.25) is 0 Å².